The van der Waals surface area contributed by atoms with Crippen LogP contribution in [0.4, 0.5) is 4.20 Å². The Hall–Kier alpha value is 0.540. The first-order valence-electron chi connectivity index (χ1n) is 4.03. The van der Waals surface area contributed by atoms with Crippen molar-refractivity contribution in [1.82, 2.24) is 0 Å². The Labute approximate surface area is 72.5 Å². The van der Waals surface area contributed by atoms with E-state index in [9.17, 15) is 4.20 Å². The zero-order valence-corrected chi connectivity index (χ0v) is 8.47. The van der Waals surface area contributed by atoms with Gasteiger partial charge in [-0.05, 0) is 24.6 Å². The zero-order valence-electron chi connectivity index (χ0n) is 6.75. The molecule has 11 heavy (non-hydrogen) atoms. The average molecular weight is 196 g/mol. The van der Waals surface area contributed by atoms with Gasteiger partial charge in [-0.1, -0.05) is 19.3 Å². The number of halogens is 1. The van der Waals surface area contributed by atoms with Crippen molar-refractivity contribution in [3.8, 4) is 0 Å². The fraction of sp³-hybridized carbons (Fsp3) is 1.00. The third kappa shape index (κ3) is 4.19. The summed E-state index contributed by atoms with van der Waals surface area (Å²) >= 11 is 4.59. The molecule has 0 heterocycles. The predicted octanol–water partition coefficient (Wildman–Crippen LogP) is 3.24. The predicted molar refractivity (Wildman–Crippen MR) is 49.3 cm³/mol. The van der Waals surface area contributed by atoms with Crippen molar-refractivity contribution >= 4 is 18.4 Å². The maximum Gasteiger partial charge on any atom is 0.229 e. The molecule has 0 bridgehead atoms. The van der Waals surface area contributed by atoms with E-state index in [4.69, 9.17) is 4.52 Å². The highest BCUT2D eigenvalue weighted by Crippen LogP contribution is 2.47. The fourth-order valence-electron chi connectivity index (χ4n) is 1.44. The van der Waals surface area contributed by atoms with Gasteiger partial charge >= 0.3 is 0 Å². The van der Waals surface area contributed by atoms with Crippen molar-refractivity contribution in [3.05, 3.63) is 0 Å². The van der Waals surface area contributed by atoms with Crippen LogP contribution < -0.4 is 0 Å². The largest absolute Gasteiger partial charge is 0.323 e. The van der Waals surface area contributed by atoms with Gasteiger partial charge in [-0.2, -0.15) is 4.20 Å². The molecule has 0 aromatic rings. The Morgan fingerprint density at radius 2 is 1.91 bits per heavy atom. The summed E-state index contributed by atoms with van der Waals surface area (Å²) < 4.78 is 18.0. The lowest BCUT2D eigenvalue weighted by molar-refractivity contribution is 0.164. The molecular formula is C7H14FOPS. The van der Waals surface area contributed by atoms with Crippen LogP contribution in [0.25, 0.3) is 0 Å². The lowest BCUT2D eigenvalue weighted by atomic mass is 9.98. The summed E-state index contributed by atoms with van der Waals surface area (Å²) in [5, 5.41) is 0. The maximum atomic E-state index is 12.9. The zero-order chi connectivity index (χ0) is 8.32. The fourth-order valence-corrected chi connectivity index (χ4v) is 2.55. The van der Waals surface area contributed by atoms with Crippen molar-refractivity contribution in [2.24, 2.45) is 0 Å². The van der Waals surface area contributed by atoms with E-state index < -0.39 is 6.58 Å². The highest BCUT2D eigenvalue weighted by molar-refractivity contribution is 8.09. The maximum absolute atomic E-state index is 12.9. The molecule has 0 spiro atoms. The van der Waals surface area contributed by atoms with Crippen LogP contribution in [0.1, 0.15) is 32.1 Å². The molecule has 4 heteroatoms. The quantitative estimate of drug-likeness (QED) is 0.627. The summed E-state index contributed by atoms with van der Waals surface area (Å²) in [5.41, 5.74) is 0. The van der Waals surface area contributed by atoms with E-state index in [2.05, 4.69) is 11.8 Å². The van der Waals surface area contributed by atoms with Gasteiger partial charge in [0.1, 0.15) is 0 Å². The van der Waals surface area contributed by atoms with Gasteiger partial charge in [0.05, 0.1) is 6.10 Å². The van der Waals surface area contributed by atoms with Crippen molar-refractivity contribution < 1.29 is 8.72 Å². The Morgan fingerprint density at radius 3 is 2.36 bits per heavy atom. The van der Waals surface area contributed by atoms with Crippen LogP contribution in [0, 0.1) is 0 Å². The molecule has 1 nitrogen and oxygen atoms in total. The second-order valence-corrected chi connectivity index (χ2v) is 6.77. The average Bonchev–Trinajstić information content (AvgIpc) is 1.85. The van der Waals surface area contributed by atoms with E-state index >= 15 is 0 Å². The van der Waals surface area contributed by atoms with Crippen LogP contribution in [0.3, 0.4) is 0 Å². The van der Waals surface area contributed by atoms with E-state index in [0.717, 1.165) is 12.8 Å². The second kappa shape index (κ2) is 3.97. The summed E-state index contributed by atoms with van der Waals surface area (Å²) in [6.45, 7) is -1.50. The molecule has 0 radical (unpaired) electrons. The van der Waals surface area contributed by atoms with Gasteiger partial charge < -0.3 is 4.52 Å². The van der Waals surface area contributed by atoms with Gasteiger partial charge in [0.2, 0.25) is 6.58 Å². The molecule has 1 rings (SSSR count). The molecule has 1 aliphatic rings. The monoisotopic (exact) mass is 196 g/mol. The van der Waals surface area contributed by atoms with Crippen LogP contribution in [-0.4, -0.2) is 12.8 Å². The molecule has 0 aromatic carbocycles. The summed E-state index contributed by atoms with van der Waals surface area (Å²) in [7, 11) is 0. The summed E-state index contributed by atoms with van der Waals surface area (Å²) in [5.74, 6) is 0. The molecule has 0 N–H and O–H groups in total. The highest BCUT2D eigenvalue weighted by Gasteiger charge is 2.19. The summed E-state index contributed by atoms with van der Waals surface area (Å²) in [4.78, 5) is 0. The minimum atomic E-state index is -2.90. The van der Waals surface area contributed by atoms with Gasteiger partial charge in [0.15, 0.2) is 0 Å². The second-order valence-electron chi connectivity index (χ2n) is 3.11. The van der Waals surface area contributed by atoms with Crippen molar-refractivity contribution in [3.63, 3.8) is 0 Å². The Morgan fingerprint density at radius 1 is 1.36 bits per heavy atom. The van der Waals surface area contributed by atoms with Crippen molar-refractivity contribution in [2.75, 3.05) is 6.66 Å². The van der Waals surface area contributed by atoms with E-state index in [1.165, 1.54) is 25.9 Å². The molecule has 0 amide bonds. The van der Waals surface area contributed by atoms with E-state index in [1.807, 2.05) is 0 Å². The number of rotatable bonds is 2. The Bertz CT molecular complexity index is 162. The molecule has 0 aliphatic heterocycles. The van der Waals surface area contributed by atoms with Crippen molar-refractivity contribution in [1.29, 1.82) is 0 Å². The third-order valence-electron chi connectivity index (χ3n) is 1.89. The standard InChI is InChI=1S/C7H14FOPS/c1-10(8,11)9-7-5-3-2-4-6-7/h7H,2-6H2,1H3. The third-order valence-corrected chi connectivity index (χ3v) is 2.82. The lowest BCUT2D eigenvalue weighted by Gasteiger charge is -2.23. The topological polar surface area (TPSA) is 9.23 Å². The lowest BCUT2D eigenvalue weighted by Crippen LogP contribution is -2.13. The molecule has 1 saturated carbocycles. The minimum absolute atomic E-state index is 0.115. The van der Waals surface area contributed by atoms with Crippen LogP contribution in [0.2, 0.25) is 0 Å². The van der Waals surface area contributed by atoms with Crippen LogP contribution in [0.5, 0.6) is 0 Å². The smallest absolute Gasteiger partial charge is 0.229 e. The van der Waals surface area contributed by atoms with Gasteiger partial charge in [0, 0.05) is 6.66 Å². The van der Waals surface area contributed by atoms with Crippen LogP contribution in [0.15, 0.2) is 0 Å². The minimum Gasteiger partial charge on any atom is -0.323 e. The van der Waals surface area contributed by atoms with Crippen LogP contribution >= 0.6 is 6.58 Å². The molecule has 1 aliphatic carbocycles. The SMILES string of the molecule is CP(F)(=S)OC1CCCCC1. The first-order chi connectivity index (χ1) is 5.08. The summed E-state index contributed by atoms with van der Waals surface area (Å²) in [6.07, 6.45) is 5.70. The molecule has 0 saturated heterocycles. The van der Waals surface area contributed by atoms with Gasteiger partial charge in [-0.25, -0.2) is 0 Å². The van der Waals surface area contributed by atoms with E-state index in [1.54, 1.807) is 0 Å². The molecule has 1 fully saturated rings. The molecule has 66 valence electrons. The molecule has 1 atom stereocenters. The van der Waals surface area contributed by atoms with E-state index in [-0.39, 0.29) is 6.10 Å². The molecule has 1 unspecified atom stereocenters. The summed E-state index contributed by atoms with van der Waals surface area (Å²) in [6, 6.07) is 0. The normalized spacial score (nSPS) is 26.4. The molecule has 0 aromatic heterocycles. The Balaban J connectivity index is 2.30. The molecular weight excluding hydrogens is 182 g/mol. The van der Waals surface area contributed by atoms with Crippen molar-refractivity contribution in [2.45, 2.75) is 38.2 Å². The first kappa shape index (κ1) is 9.63. The van der Waals surface area contributed by atoms with Gasteiger partial charge in [-0.15, -0.1) is 0 Å². The van der Waals surface area contributed by atoms with Crippen LogP contribution in [-0.2, 0) is 16.3 Å². The Kier molecular flexibility index (Phi) is 3.48. The highest BCUT2D eigenvalue weighted by atomic mass is 32.5. The van der Waals surface area contributed by atoms with E-state index in [0.29, 0.717) is 0 Å². The number of hydrogen-bond donors (Lipinski definition) is 0. The first-order valence-corrected chi connectivity index (χ1v) is 7.09. The van der Waals surface area contributed by atoms with Gasteiger partial charge in [0.25, 0.3) is 0 Å². The van der Waals surface area contributed by atoms with Gasteiger partial charge in [-0.3, -0.25) is 0 Å². The number of hydrogen-bond acceptors (Lipinski definition) is 2.